The molecular weight excluding hydrogens is 390 g/mol. The predicted octanol–water partition coefficient (Wildman–Crippen LogP) is 3.05. The molecule has 0 radical (unpaired) electrons. The van der Waals surface area contributed by atoms with Gasteiger partial charge in [-0.25, -0.2) is 13.4 Å². The van der Waals surface area contributed by atoms with Crippen LogP contribution in [0.3, 0.4) is 0 Å². The van der Waals surface area contributed by atoms with Crippen molar-refractivity contribution in [1.82, 2.24) is 9.55 Å². The molecule has 3 aromatic rings. The Morgan fingerprint density at radius 1 is 1.30 bits per heavy atom. The molecule has 27 heavy (non-hydrogen) atoms. The monoisotopic (exact) mass is 407 g/mol. The number of ether oxygens (including phenoxy) is 1. The second-order valence-corrected chi connectivity index (χ2v) is 8.41. The average Bonchev–Trinajstić information content (AvgIpc) is 2.97. The van der Waals surface area contributed by atoms with Gasteiger partial charge < -0.3 is 14.6 Å². The molecule has 1 aromatic heterocycles. The van der Waals surface area contributed by atoms with E-state index in [2.05, 4.69) is 10.3 Å². The van der Waals surface area contributed by atoms with Gasteiger partial charge in [0.1, 0.15) is 12.3 Å². The molecule has 3 rings (SSSR count). The topological polar surface area (TPSA) is 90.3 Å². The molecular formula is C18H18ClN3O4S. The van der Waals surface area contributed by atoms with E-state index >= 15 is 0 Å². The van der Waals surface area contributed by atoms with Crippen molar-refractivity contribution < 1.29 is 17.9 Å². The molecule has 1 heterocycles. The number of methoxy groups -OCH3 is 1. The second kappa shape index (κ2) is 7.21. The van der Waals surface area contributed by atoms with Gasteiger partial charge in [-0.3, -0.25) is 4.79 Å². The van der Waals surface area contributed by atoms with Crippen molar-refractivity contribution in [2.75, 3.05) is 18.7 Å². The number of nitrogens with one attached hydrogen (secondary N) is 1. The summed E-state index contributed by atoms with van der Waals surface area (Å²) in [7, 11) is -2.14. The molecule has 0 saturated heterocycles. The van der Waals surface area contributed by atoms with Gasteiger partial charge in [0.25, 0.3) is 0 Å². The first-order chi connectivity index (χ1) is 12.7. The van der Waals surface area contributed by atoms with Crippen molar-refractivity contribution in [2.45, 2.75) is 18.6 Å². The number of benzene rings is 2. The summed E-state index contributed by atoms with van der Waals surface area (Å²) in [5.74, 6) is 0.000788. The van der Waals surface area contributed by atoms with Crippen LogP contribution in [0.5, 0.6) is 5.75 Å². The summed E-state index contributed by atoms with van der Waals surface area (Å²) in [5, 5.41) is 3.11. The highest BCUT2D eigenvalue weighted by atomic mass is 35.5. The van der Waals surface area contributed by atoms with Crippen LogP contribution in [0, 0.1) is 6.92 Å². The van der Waals surface area contributed by atoms with Crippen LogP contribution in [-0.4, -0.2) is 37.2 Å². The first-order valence-electron chi connectivity index (χ1n) is 8.00. The van der Waals surface area contributed by atoms with Crippen LogP contribution in [-0.2, 0) is 21.2 Å². The number of fused-ring (bicyclic) bond motifs is 1. The predicted molar refractivity (Wildman–Crippen MR) is 104 cm³/mol. The van der Waals surface area contributed by atoms with Crippen molar-refractivity contribution in [3.63, 3.8) is 0 Å². The van der Waals surface area contributed by atoms with Gasteiger partial charge in [-0.2, -0.15) is 0 Å². The Morgan fingerprint density at radius 3 is 2.67 bits per heavy atom. The van der Waals surface area contributed by atoms with E-state index in [1.807, 2.05) is 6.92 Å². The van der Waals surface area contributed by atoms with E-state index in [1.165, 1.54) is 11.7 Å². The van der Waals surface area contributed by atoms with E-state index in [0.29, 0.717) is 27.5 Å². The summed E-state index contributed by atoms with van der Waals surface area (Å²) >= 11 is 6.08. The average molecular weight is 408 g/mol. The minimum absolute atomic E-state index is 0.155. The van der Waals surface area contributed by atoms with Crippen LogP contribution in [0.1, 0.15) is 5.56 Å². The number of rotatable bonds is 5. The number of sulfone groups is 1. The van der Waals surface area contributed by atoms with Crippen molar-refractivity contribution in [3.05, 3.63) is 47.0 Å². The lowest BCUT2D eigenvalue weighted by atomic mass is 10.2. The number of carbonyl (C=O) groups excluding carboxylic acids is 1. The van der Waals surface area contributed by atoms with Gasteiger partial charge in [-0.15, -0.1) is 0 Å². The van der Waals surface area contributed by atoms with E-state index in [4.69, 9.17) is 16.3 Å². The van der Waals surface area contributed by atoms with Crippen molar-refractivity contribution >= 4 is 44.1 Å². The van der Waals surface area contributed by atoms with Crippen LogP contribution in [0.15, 0.2) is 41.6 Å². The van der Waals surface area contributed by atoms with Gasteiger partial charge in [0, 0.05) is 17.3 Å². The highest BCUT2D eigenvalue weighted by Crippen LogP contribution is 2.31. The van der Waals surface area contributed by atoms with E-state index in [0.717, 1.165) is 11.8 Å². The standard InChI is InChI=1S/C18H18ClN3O4S/c1-11-8-14(16(26-2)9-12(11)19)20-17(23)10-22-15-7-5-4-6-13(15)21-18(22)27(3,24)25/h4-9H,10H2,1-3H3,(H,20,23). The molecule has 0 aliphatic carbocycles. The van der Waals surface area contributed by atoms with Crippen LogP contribution in [0.2, 0.25) is 5.02 Å². The maximum Gasteiger partial charge on any atom is 0.244 e. The zero-order valence-corrected chi connectivity index (χ0v) is 16.6. The van der Waals surface area contributed by atoms with Crippen LogP contribution >= 0.6 is 11.6 Å². The third-order valence-electron chi connectivity index (χ3n) is 4.01. The minimum Gasteiger partial charge on any atom is -0.495 e. The van der Waals surface area contributed by atoms with Crippen molar-refractivity contribution in [1.29, 1.82) is 0 Å². The summed E-state index contributed by atoms with van der Waals surface area (Å²) in [6.45, 7) is 1.59. The molecule has 0 aliphatic rings. The number of hydrogen-bond acceptors (Lipinski definition) is 5. The molecule has 142 valence electrons. The lowest BCUT2D eigenvalue weighted by Crippen LogP contribution is -2.21. The van der Waals surface area contributed by atoms with E-state index in [-0.39, 0.29) is 11.7 Å². The van der Waals surface area contributed by atoms with Crippen LogP contribution in [0.4, 0.5) is 5.69 Å². The van der Waals surface area contributed by atoms with Gasteiger partial charge in [0.2, 0.25) is 20.9 Å². The second-order valence-electron chi connectivity index (χ2n) is 6.09. The van der Waals surface area contributed by atoms with Gasteiger partial charge in [0.05, 0.1) is 23.8 Å². The highest BCUT2D eigenvalue weighted by Gasteiger charge is 2.21. The Labute approximate surface area is 161 Å². The molecule has 0 aliphatic heterocycles. The normalized spacial score (nSPS) is 11.6. The number of imidazole rings is 1. The Hall–Kier alpha value is -2.58. The lowest BCUT2D eigenvalue weighted by Gasteiger charge is -2.13. The fourth-order valence-corrected chi connectivity index (χ4v) is 3.73. The fraction of sp³-hybridized carbons (Fsp3) is 0.222. The van der Waals surface area contributed by atoms with Crippen molar-refractivity contribution in [2.24, 2.45) is 0 Å². The summed E-state index contributed by atoms with van der Waals surface area (Å²) in [4.78, 5) is 16.8. The molecule has 1 N–H and O–H groups in total. The molecule has 0 atom stereocenters. The number of anilines is 1. The summed E-state index contributed by atoms with van der Waals surface area (Å²) in [5.41, 5.74) is 2.30. The van der Waals surface area contributed by atoms with E-state index in [1.54, 1.807) is 36.4 Å². The number of amides is 1. The molecule has 2 aromatic carbocycles. The smallest absolute Gasteiger partial charge is 0.244 e. The molecule has 1 amide bonds. The van der Waals surface area contributed by atoms with E-state index in [9.17, 15) is 13.2 Å². The lowest BCUT2D eigenvalue weighted by molar-refractivity contribution is -0.116. The number of aryl methyl sites for hydroxylation is 1. The first kappa shape index (κ1) is 19.2. The Bertz CT molecular complexity index is 1140. The number of hydrogen-bond donors (Lipinski definition) is 1. The van der Waals surface area contributed by atoms with Crippen molar-refractivity contribution in [3.8, 4) is 5.75 Å². The molecule has 7 nitrogen and oxygen atoms in total. The van der Waals surface area contributed by atoms with Gasteiger partial charge in [-0.05, 0) is 30.7 Å². The van der Waals surface area contributed by atoms with Gasteiger partial charge >= 0.3 is 0 Å². The number of halogens is 1. The molecule has 9 heteroatoms. The third-order valence-corrected chi connectivity index (χ3v) is 5.39. The highest BCUT2D eigenvalue weighted by molar-refractivity contribution is 7.90. The third kappa shape index (κ3) is 3.91. The van der Waals surface area contributed by atoms with Crippen LogP contribution < -0.4 is 10.1 Å². The summed E-state index contributed by atoms with van der Waals surface area (Å²) in [6.07, 6.45) is 1.06. The quantitative estimate of drug-likeness (QED) is 0.702. The molecule has 0 spiro atoms. The summed E-state index contributed by atoms with van der Waals surface area (Å²) in [6, 6.07) is 10.2. The maximum atomic E-state index is 12.6. The Morgan fingerprint density at radius 2 is 2.00 bits per heavy atom. The molecule has 0 fully saturated rings. The number of carbonyl (C=O) groups is 1. The summed E-state index contributed by atoms with van der Waals surface area (Å²) < 4.78 is 30.8. The van der Waals surface area contributed by atoms with Crippen LogP contribution in [0.25, 0.3) is 11.0 Å². The molecule has 0 saturated carbocycles. The zero-order valence-electron chi connectivity index (χ0n) is 15.0. The number of aromatic nitrogens is 2. The minimum atomic E-state index is -3.61. The SMILES string of the molecule is COc1cc(Cl)c(C)cc1NC(=O)Cn1c(S(C)(=O)=O)nc2ccccc21. The first-order valence-corrected chi connectivity index (χ1v) is 10.3. The fourth-order valence-electron chi connectivity index (χ4n) is 2.75. The maximum absolute atomic E-state index is 12.6. The zero-order chi connectivity index (χ0) is 19.8. The Kier molecular flexibility index (Phi) is 5.12. The number of nitrogens with zero attached hydrogens (tertiary/aromatic N) is 2. The largest absolute Gasteiger partial charge is 0.495 e. The number of para-hydroxylation sites is 2. The van der Waals surface area contributed by atoms with E-state index < -0.39 is 15.7 Å². The molecule has 0 unspecified atom stereocenters. The van der Waals surface area contributed by atoms with Gasteiger partial charge in [-0.1, -0.05) is 23.7 Å². The van der Waals surface area contributed by atoms with Gasteiger partial charge in [0.15, 0.2) is 0 Å². The molecule has 0 bridgehead atoms. The Balaban J connectivity index is 1.97.